The Morgan fingerprint density at radius 3 is 2.23 bits per heavy atom. The second-order valence-electron chi connectivity index (χ2n) is 10.7. The minimum atomic E-state index is -3.91. The van der Waals surface area contributed by atoms with Crippen LogP contribution in [0.1, 0.15) is 43.2 Å². The Morgan fingerprint density at radius 1 is 0.953 bits per heavy atom. The average molecular weight is 647 g/mol. The summed E-state index contributed by atoms with van der Waals surface area (Å²) in [4.78, 5) is 29.7. The summed E-state index contributed by atoms with van der Waals surface area (Å²) in [6.45, 7) is -0.640. The predicted molar refractivity (Wildman–Crippen MR) is 171 cm³/mol. The van der Waals surface area contributed by atoms with E-state index in [1.165, 1.54) is 12.0 Å². The van der Waals surface area contributed by atoms with Crippen molar-refractivity contribution < 1.29 is 22.7 Å². The number of sulfonamides is 1. The van der Waals surface area contributed by atoms with Gasteiger partial charge in [0.25, 0.3) is 0 Å². The lowest BCUT2D eigenvalue weighted by Gasteiger charge is -2.35. The minimum absolute atomic E-state index is 0.00433. The molecule has 0 heterocycles. The molecule has 1 aliphatic rings. The van der Waals surface area contributed by atoms with Crippen molar-refractivity contribution in [3.05, 3.63) is 94.0 Å². The van der Waals surface area contributed by atoms with Gasteiger partial charge in [-0.1, -0.05) is 84.9 Å². The van der Waals surface area contributed by atoms with Crippen LogP contribution in [0, 0.1) is 0 Å². The van der Waals surface area contributed by atoms with Crippen LogP contribution in [0.15, 0.2) is 72.8 Å². The maximum absolute atomic E-state index is 14.3. The normalized spacial score (nSPS) is 14.5. The van der Waals surface area contributed by atoms with Gasteiger partial charge in [-0.2, -0.15) is 0 Å². The number of carbonyl (C=O) groups excluding carboxylic acids is 2. The molecule has 0 unspecified atom stereocenters. The van der Waals surface area contributed by atoms with Crippen LogP contribution in [0.2, 0.25) is 10.0 Å². The molecule has 0 spiro atoms. The molecule has 43 heavy (non-hydrogen) atoms. The van der Waals surface area contributed by atoms with E-state index in [2.05, 4.69) is 5.32 Å². The highest BCUT2D eigenvalue weighted by Crippen LogP contribution is 2.29. The zero-order valence-electron chi connectivity index (χ0n) is 24.3. The van der Waals surface area contributed by atoms with Crippen molar-refractivity contribution in [2.75, 3.05) is 24.2 Å². The Bertz CT molecular complexity index is 1490. The lowest BCUT2D eigenvalue weighted by atomic mass is 9.94. The van der Waals surface area contributed by atoms with E-state index in [9.17, 15) is 18.0 Å². The maximum Gasteiger partial charge on any atom is 0.244 e. The third kappa shape index (κ3) is 8.87. The van der Waals surface area contributed by atoms with Crippen molar-refractivity contribution in [3.63, 3.8) is 0 Å². The number of hydrogen-bond donors (Lipinski definition) is 1. The van der Waals surface area contributed by atoms with Gasteiger partial charge in [-0.25, -0.2) is 8.42 Å². The van der Waals surface area contributed by atoms with Crippen molar-refractivity contribution in [2.45, 2.75) is 57.2 Å². The van der Waals surface area contributed by atoms with E-state index in [0.717, 1.165) is 48.2 Å². The topological polar surface area (TPSA) is 96.0 Å². The van der Waals surface area contributed by atoms with Crippen molar-refractivity contribution in [3.8, 4) is 5.75 Å². The number of carbonyl (C=O) groups is 2. The number of nitrogens with one attached hydrogen (secondary N) is 1. The molecule has 11 heteroatoms. The molecule has 1 fully saturated rings. The zero-order valence-corrected chi connectivity index (χ0v) is 26.7. The van der Waals surface area contributed by atoms with Gasteiger partial charge in [-0.05, 0) is 42.7 Å². The Hall–Kier alpha value is -3.27. The number of amides is 2. The van der Waals surface area contributed by atoms with Crippen molar-refractivity contribution >= 4 is 50.7 Å². The lowest BCUT2D eigenvalue weighted by molar-refractivity contribution is -0.140. The number of halogens is 2. The van der Waals surface area contributed by atoms with Crippen LogP contribution in [0.25, 0.3) is 0 Å². The highest BCUT2D eigenvalue weighted by atomic mass is 35.5. The van der Waals surface area contributed by atoms with Gasteiger partial charge in [0.05, 0.1) is 19.1 Å². The number of methoxy groups -OCH3 is 1. The molecular weight excluding hydrogens is 609 g/mol. The highest BCUT2D eigenvalue weighted by Gasteiger charge is 2.34. The Labute approximate surface area is 264 Å². The molecule has 1 N–H and O–H groups in total. The van der Waals surface area contributed by atoms with Gasteiger partial charge in [0.2, 0.25) is 21.8 Å². The lowest BCUT2D eigenvalue weighted by Crippen LogP contribution is -2.55. The third-order valence-electron chi connectivity index (χ3n) is 7.63. The minimum Gasteiger partial charge on any atom is -0.497 e. The van der Waals surface area contributed by atoms with Gasteiger partial charge in [0.15, 0.2) is 0 Å². The van der Waals surface area contributed by atoms with E-state index in [0.29, 0.717) is 21.4 Å². The first-order valence-electron chi connectivity index (χ1n) is 14.2. The number of hydrogen-bond acceptors (Lipinski definition) is 5. The van der Waals surface area contributed by atoms with Gasteiger partial charge in [-0.15, -0.1) is 0 Å². The number of nitrogens with zero attached hydrogens (tertiary/aromatic N) is 2. The van der Waals surface area contributed by atoms with Gasteiger partial charge < -0.3 is 15.0 Å². The van der Waals surface area contributed by atoms with Gasteiger partial charge >= 0.3 is 0 Å². The van der Waals surface area contributed by atoms with Crippen molar-refractivity contribution in [1.82, 2.24) is 10.2 Å². The third-order valence-corrected chi connectivity index (χ3v) is 9.48. The van der Waals surface area contributed by atoms with Crippen molar-refractivity contribution in [1.29, 1.82) is 0 Å². The molecule has 230 valence electrons. The average Bonchev–Trinajstić information content (AvgIpc) is 2.99. The quantitative estimate of drug-likeness (QED) is 0.266. The summed E-state index contributed by atoms with van der Waals surface area (Å²) in [5, 5.41) is 3.85. The highest BCUT2D eigenvalue weighted by molar-refractivity contribution is 7.92. The molecule has 3 aromatic rings. The SMILES string of the molecule is COc1cccc(N(CC(=O)N(Cc2c(Cl)cccc2Cl)[C@H](Cc2ccccc2)C(=O)NC2CCCCC2)S(C)(=O)=O)c1. The summed E-state index contributed by atoms with van der Waals surface area (Å²) in [6, 6.07) is 19.9. The van der Waals surface area contributed by atoms with Crippen LogP contribution in [0.4, 0.5) is 5.69 Å². The Kier molecular flexibility index (Phi) is 11.3. The van der Waals surface area contributed by atoms with E-state index < -0.39 is 28.5 Å². The molecule has 0 saturated heterocycles. The standard InChI is InChI=1S/C32H37Cl2N3O5S/c1-42-26-16-9-15-25(20-26)37(43(2,40)41)22-31(38)36(21-27-28(33)17-10-18-29(27)34)30(19-23-11-5-3-6-12-23)32(39)35-24-13-7-4-8-14-24/h3,5-6,9-12,15-18,20,24,30H,4,7-8,13-14,19,21-22H2,1-2H3,(H,35,39)/t30-/m1/s1. The number of rotatable bonds is 12. The van der Waals surface area contributed by atoms with Crippen LogP contribution in [-0.2, 0) is 32.6 Å². The second-order valence-corrected chi connectivity index (χ2v) is 13.5. The summed E-state index contributed by atoms with van der Waals surface area (Å²) >= 11 is 13.1. The second kappa shape index (κ2) is 14.9. The van der Waals surface area contributed by atoms with Gasteiger partial charge in [0, 0.05) is 40.7 Å². The van der Waals surface area contributed by atoms with Gasteiger partial charge in [-0.3, -0.25) is 13.9 Å². The zero-order chi connectivity index (χ0) is 31.0. The molecule has 2 amide bonds. The monoisotopic (exact) mass is 645 g/mol. The largest absolute Gasteiger partial charge is 0.497 e. The van der Waals surface area contributed by atoms with E-state index in [-0.39, 0.29) is 30.6 Å². The summed E-state index contributed by atoms with van der Waals surface area (Å²) in [5.41, 5.74) is 1.58. The molecule has 8 nitrogen and oxygen atoms in total. The fourth-order valence-corrected chi connectivity index (χ4v) is 6.69. The van der Waals surface area contributed by atoms with Crippen LogP contribution in [0.3, 0.4) is 0 Å². The molecule has 1 saturated carbocycles. The van der Waals surface area contributed by atoms with E-state index in [1.807, 2.05) is 30.3 Å². The molecule has 0 aliphatic heterocycles. The molecule has 0 aromatic heterocycles. The predicted octanol–water partition coefficient (Wildman–Crippen LogP) is 5.86. The molecule has 3 aromatic carbocycles. The first kappa shape index (κ1) is 32.6. The molecule has 1 aliphatic carbocycles. The van der Waals surface area contributed by atoms with Crippen LogP contribution < -0.4 is 14.4 Å². The smallest absolute Gasteiger partial charge is 0.244 e. The number of ether oxygens (including phenoxy) is 1. The number of anilines is 1. The fourth-order valence-electron chi connectivity index (χ4n) is 5.33. The number of benzene rings is 3. The van der Waals surface area contributed by atoms with Crippen LogP contribution >= 0.6 is 23.2 Å². The summed E-state index contributed by atoms with van der Waals surface area (Å²) in [5.74, 6) is -0.448. The summed E-state index contributed by atoms with van der Waals surface area (Å²) in [7, 11) is -2.44. The molecule has 0 bridgehead atoms. The first-order chi connectivity index (χ1) is 20.6. The summed E-state index contributed by atoms with van der Waals surface area (Å²) in [6.07, 6.45) is 6.15. The fraction of sp³-hybridized carbons (Fsp3) is 0.375. The molecule has 0 radical (unpaired) electrons. The Morgan fingerprint density at radius 2 is 1.60 bits per heavy atom. The molecule has 1 atom stereocenters. The van der Waals surface area contributed by atoms with E-state index >= 15 is 0 Å². The van der Waals surface area contributed by atoms with E-state index in [4.69, 9.17) is 27.9 Å². The Balaban J connectivity index is 1.76. The van der Waals surface area contributed by atoms with E-state index in [1.54, 1.807) is 42.5 Å². The van der Waals surface area contributed by atoms with Gasteiger partial charge in [0.1, 0.15) is 18.3 Å². The maximum atomic E-state index is 14.3. The van der Waals surface area contributed by atoms with Crippen LogP contribution in [-0.4, -0.2) is 57.1 Å². The summed E-state index contributed by atoms with van der Waals surface area (Å²) < 4.78 is 32.3. The first-order valence-corrected chi connectivity index (χ1v) is 16.9. The molecular formula is C32H37Cl2N3O5S. The van der Waals surface area contributed by atoms with Crippen molar-refractivity contribution in [2.24, 2.45) is 0 Å². The van der Waals surface area contributed by atoms with Crippen LogP contribution in [0.5, 0.6) is 5.75 Å². The molecule has 4 rings (SSSR count).